The molecule has 1 aromatic heterocycles. The first kappa shape index (κ1) is 25.5. The third-order valence-corrected chi connectivity index (χ3v) is 7.24. The molecule has 4 aromatic rings. The van der Waals surface area contributed by atoms with Gasteiger partial charge in [0.2, 0.25) is 0 Å². The minimum atomic E-state index is -0.331. The Labute approximate surface area is 230 Å². The molecule has 0 saturated heterocycles. The third-order valence-electron chi connectivity index (χ3n) is 7.24. The standard InChI is InChI=1S/C31H28N4O5/c36-28(32-21-11-12-21)19-40-22-13-9-20(10-14-22)15-17-34-27(33-26-8-4-3-7-25(26)31(34)39)16-18-35-29(37)23-5-1-2-6-24(23)30(35)38/h1-10,13-14,21H,11-12,15-19H2,(H,32,36). The highest BCUT2D eigenvalue weighted by Crippen LogP contribution is 2.23. The number of imide groups is 1. The van der Waals surface area contributed by atoms with E-state index in [-0.39, 0.29) is 42.9 Å². The van der Waals surface area contributed by atoms with E-state index in [1.54, 1.807) is 47.0 Å². The number of hydrogen-bond acceptors (Lipinski definition) is 6. The molecule has 1 aliphatic heterocycles. The second-order valence-electron chi connectivity index (χ2n) is 10.1. The number of benzene rings is 3. The van der Waals surface area contributed by atoms with E-state index in [9.17, 15) is 19.2 Å². The van der Waals surface area contributed by atoms with E-state index >= 15 is 0 Å². The zero-order chi connectivity index (χ0) is 27.6. The number of amides is 3. The van der Waals surface area contributed by atoms with Crippen LogP contribution in [0.1, 0.15) is 44.9 Å². The molecule has 202 valence electrons. The van der Waals surface area contributed by atoms with E-state index in [1.807, 2.05) is 30.3 Å². The highest BCUT2D eigenvalue weighted by Gasteiger charge is 2.35. The van der Waals surface area contributed by atoms with Gasteiger partial charge in [-0.2, -0.15) is 0 Å². The lowest BCUT2D eigenvalue weighted by Crippen LogP contribution is -2.34. The predicted molar refractivity (Wildman–Crippen MR) is 148 cm³/mol. The molecule has 2 aliphatic rings. The van der Waals surface area contributed by atoms with Crippen LogP contribution in [-0.4, -0.2) is 51.4 Å². The second-order valence-corrected chi connectivity index (χ2v) is 10.1. The maximum atomic E-state index is 13.5. The fraction of sp³-hybridized carbons (Fsp3) is 0.258. The van der Waals surface area contributed by atoms with E-state index in [0.717, 1.165) is 18.4 Å². The molecular weight excluding hydrogens is 508 g/mol. The summed E-state index contributed by atoms with van der Waals surface area (Å²) < 4.78 is 7.22. The molecule has 6 rings (SSSR count). The van der Waals surface area contributed by atoms with Crippen molar-refractivity contribution in [1.29, 1.82) is 0 Å². The summed E-state index contributed by atoms with van der Waals surface area (Å²) in [5.74, 6) is 0.330. The summed E-state index contributed by atoms with van der Waals surface area (Å²) in [5.41, 5.74) is 2.19. The van der Waals surface area contributed by atoms with Crippen LogP contribution in [0.25, 0.3) is 10.9 Å². The first-order chi connectivity index (χ1) is 19.5. The summed E-state index contributed by atoms with van der Waals surface area (Å²) in [6, 6.07) is 21.7. The Kier molecular flexibility index (Phi) is 6.86. The van der Waals surface area contributed by atoms with Crippen LogP contribution in [0, 0.1) is 0 Å². The van der Waals surface area contributed by atoms with Crippen molar-refractivity contribution in [2.45, 2.75) is 38.3 Å². The van der Waals surface area contributed by atoms with Gasteiger partial charge in [0.25, 0.3) is 23.3 Å². The molecule has 0 radical (unpaired) electrons. The van der Waals surface area contributed by atoms with Crippen LogP contribution in [-0.2, 0) is 24.2 Å². The van der Waals surface area contributed by atoms with Crippen LogP contribution in [0.2, 0.25) is 0 Å². The molecule has 0 spiro atoms. The molecule has 40 heavy (non-hydrogen) atoms. The van der Waals surface area contributed by atoms with E-state index in [0.29, 0.717) is 52.6 Å². The molecule has 9 heteroatoms. The Balaban J connectivity index is 1.17. The third kappa shape index (κ3) is 5.22. The minimum absolute atomic E-state index is 0.0233. The number of ether oxygens (including phenoxy) is 1. The summed E-state index contributed by atoms with van der Waals surface area (Å²) in [6.07, 6.45) is 2.87. The van der Waals surface area contributed by atoms with Gasteiger partial charge in [0.15, 0.2) is 6.61 Å². The van der Waals surface area contributed by atoms with Gasteiger partial charge in [-0.15, -0.1) is 0 Å². The van der Waals surface area contributed by atoms with Gasteiger partial charge in [-0.25, -0.2) is 4.98 Å². The smallest absolute Gasteiger partial charge is 0.261 e. The molecule has 1 N–H and O–H groups in total. The van der Waals surface area contributed by atoms with E-state index < -0.39 is 0 Å². The molecule has 0 atom stereocenters. The summed E-state index contributed by atoms with van der Waals surface area (Å²) in [4.78, 5) is 57.0. The van der Waals surface area contributed by atoms with Crippen molar-refractivity contribution in [2.75, 3.05) is 13.2 Å². The van der Waals surface area contributed by atoms with Gasteiger partial charge in [0.1, 0.15) is 11.6 Å². The molecular formula is C31H28N4O5. The number of fused-ring (bicyclic) bond motifs is 2. The zero-order valence-electron chi connectivity index (χ0n) is 21.8. The molecule has 3 amide bonds. The van der Waals surface area contributed by atoms with E-state index in [1.165, 1.54) is 4.90 Å². The average molecular weight is 537 g/mol. The van der Waals surface area contributed by atoms with Crippen molar-refractivity contribution < 1.29 is 19.1 Å². The highest BCUT2D eigenvalue weighted by atomic mass is 16.5. The second kappa shape index (κ2) is 10.8. The number of carbonyl (C=O) groups excluding carboxylic acids is 3. The fourth-order valence-corrected chi connectivity index (χ4v) is 4.93. The van der Waals surface area contributed by atoms with Crippen molar-refractivity contribution in [2.24, 2.45) is 0 Å². The number of aromatic nitrogens is 2. The lowest BCUT2D eigenvalue weighted by molar-refractivity contribution is -0.123. The van der Waals surface area contributed by atoms with E-state index in [2.05, 4.69) is 5.32 Å². The van der Waals surface area contributed by atoms with Gasteiger partial charge in [-0.1, -0.05) is 36.4 Å². The van der Waals surface area contributed by atoms with Crippen molar-refractivity contribution in [3.63, 3.8) is 0 Å². The molecule has 1 aliphatic carbocycles. The molecule has 1 saturated carbocycles. The van der Waals surface area contributed by atoms with Gasteiger partial charge < -0.3 is 10.1 Å². The molecule has 0 unspecified atom stereocenters. The predicted octanol–water partition coefficient (Wildman–Crippen LogP) is 3.14. The van der Waals surface area contributed by atoms with E-state index in [4.69, 9.17) is 9.72 Å². The number of nitrogens with zero attached hydrogens (tertiary/aromatic N) is 3. The Bertz CT molecular complexity index is 1640. The normalized spacial score (nSPS) is 14.4. The Hall–Kier alpha value is -4.79. The number of hydrogen-bond donors (Lipinski definition) is 1. The summed E-state index contributed by atoms with van der Waals surface area (Å²) >= 11 is 0. The molecule has 9 nitrogen and oxygen atoms in total. The monoisotopic (exact) mass is 536 g/mol. The van der Waals surface area contributed by atoms with Gasteiger partial charge in [0, 0.05) is 25.6 Å². The minimum Gasteiger partial charge on any atom is -0.484 e. The van der Waals surface area contributed by atoms with Crippen LogP contribution in [0.15, 0.2) is 77.6 Å². The SMILES string of the molecule is O=C(COc1ccc(CCn2c(CCN3C(=O)c4ccccc4C3=O)nc3ccccc3c2=O)cc1)NC1CC1. The Morgan fingerprint density at radius 1 is 0.850 bits per heavy atom. The number of carbonyl (C=O) groups is 3. The zero-order valence-corrected chi connectivity index (χ0v) is 21.8. The largest absolute Gasteiger partial charge is 0.484 e. The van der Waals surface area contributed by atoms with Gasteiger partial charge in [0.05, 0.1) is 22.0 Å². The Morgan fingerprint density at radius 2 is 1.52 bits per heavy atom. The van der Waals surface area contributed by atoms with Crippen molar-refractivity contribution in [3.05, 3.63) is 106 Å². The van der Waals surface area contributed by atoms with Crippen molar-refractivity contribution >= 4 is 28.6 Å². The molecule has 0 bridgehead atoms. The topological polar surface area (TPSA) is 111 Å². The summed E-state index contributed by atoms with van der Waals surface area (Å²) in [6.45, 7) is 0.472. The highest BCUT2D eigenvalue weighted by molar-refractivity contribution is 6.21. The van der Waals surface area contributed by atoms with Crippen LogP contribution < -0.4 is 15.6 Å². The van der Waals surface area contributed by atoms with Crippen LogP contribution in [0.4, 0.5) is 0 Å². The van der Waals surface area contributed by atoms with Crippen LogP contribution in [0.3, 0.4) is 0 Å². The number of nitrogens with one attached hydrogen (secondary N) is 1. The molecule has 3 aromatic carbocycles. The number of aryl methyl sites for hydroxylation is 1. The van der Waals surface area contributed by atoms with Gasteiger partial charge in [-0.3, -0.25) is 28.6 Å². The van der Waals surface area contributed by atoms with Crippen LogP contribution in [0.5, 0.6) is 5.75 Å². The average Bonchev–Trinajstić information content (AvgIpc) is 3.76. The van der Waals surface area contributed by atoms with Gasteiger partial charge >= 0.3 is 0 Å². The molecule has 1 fully saturated rings. The maximum absolute atomic E-state index is 13.5. The number of rotatable bonds is 10. The van der Waals surface area contributed by atoms with Crippen molar-refractivity contribution in [1.82, 2.24) is 19.8 Å². The lowest BCUT2D eigenvalue weighted by Gasteiger charge is -2.17. The fourth-order valence-electron chi connectivity index (χ4n) is 4.93. The van der Waals surface area contributed by atoms with Crippen LogP contribution >= 0.6 is 0 Å². The molecule has 2 heterocycles. The maximum Gasteiger partial charge on any atom is 0.261 e. The first-order valence-corrected chi connectivity index (χ1v) is 13.4. The van der Waals surface area contributed by atoms with Crippen molar-refractivity contribution in [3.8, 4) is 5.75 Å². The Morgan fingerprint density at radius 3 is 2.23 bits per heavy atom. The first-order valence-electron chi connectivity index (χ1n) is 13.4. The van der Waals surface area contributed by atoms with Gasteiger partial charge in [-0.05, 0) is 61.2 Å². The number of para-hydroxylation sites is 1. The summed E-state index contributed by atoms with van der Waals surface area (Å²) in [5, 5.41) is 3.41. The summed E-state index contributed by atoms with van der Waals surface area (Å²) in [7, 11) is 0. The quantitative estimate of drug-likeness (QED) is 0.312. The lowest BCUT2D eigenvalue weighted by atomic mass is 10.1.